The molecule has 2 aromatic carbocycles. The quantitative estimate of drug-likeness (QED) is 0.887. The molecule has 0 aliphatic heterocycles. The summed E-state index contributed by atoms with van der Waals surface area (Å²) in [5.74, 6) is 0.268. The number of aromatic hydroxyl groups is 1. The minimum atomic E-state index is 0.0177. The van der Waals surface area contributed by atoms with Gasteiger partial charge in [-0.3, -0.25) is 0 Å². The van der Waals surface area contributed by atoms with Crippen LogP contribution in [0.3, 0.4) is 0 Å². The van der Waals surface area contributed by atoms with Crippen LogP contribution in [0.15, 0.2) is 48.5 Å². The van der Waals surface area contributed by atoms with E-state index in [1.54, 1.807) is 18.2 Å². The van der Waals surface area contributed by atoms with Gasteiger partial charge in [-0.05, 0) is 41.8 Å². The molecule has 1 atom stereocenters. The molecule has 18 heavy (non-hydrogen) atoms. The van der Waals surface area contributed by atoms with Gasteiger partial charge in [-0.2, -0.15) is 0 Å². The SMILES string of the molecule is OCC(Cc1cccc(O)c1)c1ccc(Cl)cc1. The van der Waals surface area contributed by atoms with Crippen LogP contribution in [0, 0.1) is 0 Å². The Bertz CT molecular complexity index is 508. The van der Waals surface area contributed by atoms with Gasteiger partial charge in [0.15, 0.2) is 0 Å². The third-order valence-electron chi connectivity index (χ3n) is 2.95. The van der Waals surface area contributed by atoms with Crippen molar-refractivity contribution in [2.75, 3.05) is 6.61 Å². The van der Waals surface area contributed by atoms with Crippen molar-refractivity contribution in [3.8, 4) is 5.75 Å². The van der Waals surface area contributed by atoms with E-state index >= 15 is 0 Å². The summed E-state index contributed by atoms with van der Waals surface area (Å²) in [7, 11) is 0. The van der Waals surface area contributed by atoms with Crippen LogP contribution in [0.2, 0.25) is 5.02 Å². The third kappa shape index (κ3) is 3.25. The zero-order valence-corrected chi connectivity index (χ0v) is 10.6. The molecule has 1 unspecified atom stereocenters. The summed E-state index contributed by atoms with van der Waals surface area (Å²) in [5, 5.41) is 19.6. The standard InChI is InChI=1S/C15H15ClO2/c16-14-6-4-12(5-7-14)13(10-17)8-11-2-1-3-15(18)9-11/h1-7,9,13,17-18H,8,10H2. The number of aliphatic hydroxyl groups excluding tert-OH is 1. The highest BCUT2D eigenvalue weighted by atomic mass is 35.5. The van der Waals surface area contributed by atoms with Crippen LogP contribution in [0.5, 0.6) is 5.75 Å². The Morgan fingerprint density at radius 1 is 1.06 bits per heavy atom. The zero-order valence-electron chi connectivity index (χ0n) is 9.88. The molecule has 0 spiro atoms. The summed E-state index contributed by atoms with van der Waals surface area (Å²) in [6.07, 6.45) is 0.687. The Morgan fingerprint density at radius 2 is 1.78 bits per heavy atom. The summed E-state index contributed by atoms with van der Waals surface area (Å²) >= 11 is 5.84. The van der Waals surface area contributed by atoms with Gasteiger partial charge in [0.1, 0.15) is 5.75 Å². The molecule has 94 valence electrons. The number of phenolic OH excluding ortho intramolecular Hbond substituents is 1. The second-order valence-corrected chi connectivity index (χ2v) is 4.74. The summed E-state index contributed by atoms with van der Waals surface area (Å²) in [4.78, 5) is 0. The molecule has 0 aliphatic carbocycles. The first-order valence-electron chi connectivity index (χ1n) is 5.83. The molecule has 0 amide bonds. The van der Waals surface area contributed by atoms with Crippen molar-refractivity contribution in [1.29, 1.82) is 0 Å². The highest BCUT2D eigenvalue weighted by Crippen LogP contribution is 2.23. The van der Waals surface area contributed by atoms with E-state index in [2.05, 4.69) is 0 Å². The Kier molecular flexibility index (Phi) is 4.24. The lowest BCUT2D eigenvalue weighted by molar-refractivity contribution is 0.264. The van der Waals surface area contributed by atoms with Gasteiger partial charge in [-0.15, -0.1) is 0 Å². The van der Waals surface area contributed by atoms with Crippen LogP contribution in [-0.2, 0) is 6.42 Å². The van der Waals surface area contributed by atoms with Crippen LogP contribution in [0.25, 0.3) is 0 Å². The maximum Gasteiger partial charge on any atom is 0.115 e. The van der Waals surface area contributed by atoms with Crippen molar-refractivity contribution >= 4 is 11.6 Å². The van der Waals surface area contributed by atoms with Gasteiger partial charge >= 0.3 is 0 Å². The molecular formula is C15H15ClO2. The predicted octanol–water partition coefficient (Wildman–Crippen LogP) is 3.36. The van der Waals surface area contributed by atoms with Gasteiger partial charge in [0.05, 0.1) is 6.61 Å². The molecule has 0 aliphatic rings. The second-order valence-electron chi connectivity index (χ2n) is 4.31. The number of benzene rings is 2. The van der Waals surface area contributed by atoms with E-state index < -0.39 is 0 Å². The minimum absolute atomic E-state index is 0.0177. The molecule has 2 rings (SSSR count). The van der Waals surface area contributed by atoms with Crippen molar-refractivity contribution < 1.29 is 10.2 Å². The van der Waals surface area contributed by atoms with Gasteiger partial charge in [0, 0.05) is 10.9 Å². The summed E-state index contributed by atoms with van der Waals surface area (Å²) < 4.78 is 0. The maximum absolute atomic E-state index is 9.48. The van der Waals surface area contributed by atoms with E-state index in [0.29, 0.717) is 11.4 Å². The molecule has 0 radical (unpaired) electrons. The zero-order chi connectivity index (χ0) is 13.0. The average molecular weight is 263 g/mol. The Labute approximate surface area is 111 Å². The number of rotatable bonds is 4. The van der Waals surface area contributed by atoms with Crippen molar-refractivity contribution in [2.45, 2.75) is 12.3 Å². The molecule has 0 fully saturated rings. The smallest absolute Gasteiger partial charge is 0.115 e. The minimum Gasteiger partial charge on any atom is -0.508 e. The normalized spacial score (nSPS) is 12.3. The van der Waals surface area contributed by atoms with Crippen LogP contribution in [0.4, 0.5) is 0 Å². The maximum atomic E-state index is 9.48. The van der Waals surface area contributed by atoms with Gasteiger partial charge in [0.25, 0.3) is 0 Å². The van der Waals surface area contributed by atoms with Gasteiger partial charge in [-0.1, -0.05) is 35.9 Å². The van der Waals surface area contributed by atoms with Crippen LogP contribution >= 0.6 is 11.6 Å². The Balaban J connectivity index is 2.17. The van der Waals surface area contributed by atoms with E-state index in [4.69, 9.17) is 11.6 Å². The van der Waals surface area contributed by atoms with Gasteiger partial charge in [-0.25, -0.2) is 0 Å². The molecular weight excluding hydrogens is 248 g/mol. The first kappa shape index (κ1) is 12.9. The molecule has 2 aromatic rings. The first-order chi connectivity index (χ1) is 8.69. The Hall–Kier alpha value is -1.51. The molecule has 2 N–H and O–H groups in total. The lowest BCUT2D eigenvalue weighted by atomic mass is 9.93. The van der Waals surface area contributed by atoms with E-state index in [9.17, 15) is 10.2 Å². The molecule has 0 bridgehead atoms. The molecule has 3 heteroatoms. The summed E-state index contributed by atoms with van der Waals surface area (Å²) in [6, 6.07) is 14.6. The number of halogens is 1. The fourth-order valence-corrected chi connectivity index (χ4v) is 2.12. The fourth-order valence-electron chi connectivity index (χ4n) is 1.99. The average Bonchev–Trinajstić information content (AvgIpc) is 2.37. The highest BCUT2D eigenvalue weighted by molar-refractivity contribution is 6.30. The lowest BCUT2D eigenvalue weighted by Crippen LogP contribution is -2.07. The summed E-state index contributed by atoms with van der Waals surface area (Å²) in [6.45, 7) is 0.0668. The number of hydrogen-bond donors (Lipinski definition) is 2. The van der Waals surface area contributed by atoms with Crippen molar-refractivity contribution in [3.63, 3.8) is 0 Å². The van der Waals surface area contributed by atoms with E-state index in [-0.39, 0.29) is 18.3 Å². The monoisotopic (exact) mass is 262 g/mol. The van der Waals surface area contributed by atoms with Crippen LogP contribution in [0.1, 0.15) is 17.0 Å². The van der Waals surface area contributed by atoms with Gasteiger partial charge in [0.2, 0.25) is 0 Å². The molecule has 0 saturated carbocycles. The second kappa shape index (κ2) is 5.89. The number of phenols is 1. The van der Waals surface area contributed by atoms with Crippen LogP contribution in [-0.4, -0.2) is 16.8 Å². The first-order valence-corrected chi connectivity index (χ1v) is 6.21. The van der Waals surface area contributed by atoms with Gasteiger partial charge < -0.3 is 10.2 Å². The molecule has 2 nitrogen and oxygen atoms in total. The number of hydrogen-bond acceptors (Lipinski definition) is 2. The van der Waals surface area contributed by atoms with E-state index in [0.717, 1.165) is 11.1 Å². The molecule has 0 saturated heterocycles. The Morgan fingerprint density at radius 3 is 2.39 bits per heavy atom. The number of aliphatic hydroxyl groups is 1. The van der Waals surface area contributed by atoms with Crippen molar-refractivity contribution in [1.82, 2.24) is 0 Å². The van der Waals surface area contributed by atoms with Crippen molar-refractivity contribution in [2.24, 2.45) is 0 Å². The fraction of sp³-hybridized carbons (Fsp3) is 0.200. The molecule has 0 aromatic heterocycles. The summed E-state index contributed by atoms with van der Waals surface area (Å²) in [5.41, 5.74) is 2.05. The largest absolute Gasteiger partial charge is 0.508 e. The van der Waals surface area contributed by atoms with E-state index in [1.165, 1.54) is 0 Å². The molecule has 0 heterocycles. The third-order valence-corrected chi connectivity index (χ3v) is 3.21. The van der Waals surface area contributed by atoms with Crippen LogP contribution < -0.4 is 0 Å². The highest BCUT2D eigenvalue weighted by Gasteiger charge is 2.11. The van der Waals surface area contributed by atoms with E-state index in [1.807, 2.05) is 30.3 Å². The van der Waals surface area contributed by atoms with Crippen molar-refractivity contribution in [3.05, 3.63) is 64.7 Å². The topological polar surface area (TPSA) is 40.5 Å². The predicted molar refractivity (Wildman–Crippen MR) is 73.1 cm³/mol. The lowest BCUT2D eigenvalue weighted by Gasteiger charge is -2.15.